The number of nitrogens with zero attached hydrogens (tertiary/aromatic N) is 3. The molecule has 2 aliphatic heterocycles. The number of anilines is 1. The Kier molecular flexibility index (Phi) is 5.35. The fraction of sp³-hybridized carbons (Fsp3) is 0.478. The number of fused-ring (bicyclic) bond motifs is 1. The number of furan rings is 1. The van der Waals surface area contributed by atoms with E-state index in [9.17, 15) is 9.59 Å². The summed E-state index contributed by atoms with van der Waals surface area (Å²) in [6, 6.07) is 10.6. The molecule has 6 nitrogen and oxygen atoms in total. The van der Waals surface area contributed by atoms with Crippen LogP contribution >= 0.6 is 0 Å². The first kappa shape index (κ1) is 19.6. The van der Waals surface area contributed by atoms with Crippen molar-refractivity contribution < 1.29 is 14.0 Å². The molecule has 6 heteroatoms. The van der Waals surface area contributed by atoms with Crippen LogP contribution in [-0.2, 0) is 17.8 Å². The van der Waals surface area contributed by atoms with Crippen LogP contribution < -0.4 is 4.90 Å². The van der Waals surface area contributed by atoms with Gasteiger partial charge in [0.05, 0.1) is 18.4 Å². The molecule has 2 atom stereocenters. The van der Waals surface area contributed by atoms with Crippen LogP contribution in [0.3, 0.4) is 0 Å². The van der Waals surface area contributed by atoms with Gasteiger partial charge in [-0.25, -0.2) is 0 Å². The van der Waals surface area contributed by atoms with Crippen molar-refractivity contribution >= 4 is 17.5 Å². The summed E-state index contributed by atoms with van der Waals surface area (Å²) in [5.74, 6) is 1.13. The summed E-state index contributed by atoms with van der Waals surface area (Å²) >= 11 is 0. The van der Waals surface area contributed by atoms with Gasteiger partial charge in [-0.15, -0.1) is 0 Å². The van der Waals surface area contributed by atoms with Crippen LogP contribution in [0.5, 0.6) is 0 Å². The summed E-state index contributed by atoms with van der Waals surface area (Å²) in [6.07, 6.45) is 3.56. The largest absolute Gasteiger partial charge is 0.467 e. The molecule has 2 aliphatic rings. The van der Waals surface area contributed by atoms with Crippen LogP contribution in [0, 0.1) is 5.92 Å². The van der Waals surface area contributed by atoms with Gasteiger partial charge in [0.2, 0.25) is 5.91 Å². The minimum atomic E-state index is -0.0184. The van der Waals surface area contributed by atoms with Crippen molar-refractivity contribution in [2.75, 3.05) is 31.6 Å². The summed E-state index contributed by atoms with van der Waals surface area (Å²) in [4.78, 5) is 30.6. The molecule has 1 saturated heterocycles. The van der Waals surface area contributed by atoms with Gasteiger partial charge in [0.15, 0.2) is 0 Å². The van der Waals surface area contributed by atoms with Crippen molar-refractivity contribution in [3.8, 4) is 0 Å². The van der Waals surface area contributed by atoms with E-state index in [2.05, 4.69) is 36.1 Å². The summed E-state index contributed by atoms with van der Waals surface area (Å²) in [7, 11) is 1.84. The number of hydrogen-bond donors (Lipinski definition) is 0. The molecule has 0 aliphatic carbocycles. The lowest BCUT2D eigenvalue weighted by molar-refractivity contribution is -0.127. The van der Waals surface area contributed by atoms with Gasteiger partial charge in [-0.2, -0.15) is 0 Å². The molecular formula is C23H29N3O3. The second kappa shape index (κ2) is 7.93. The molecule has 4 rings (SSSR count). The number of para-hydroxylation sites is 1. The first-order chi connectivity index (χ1) is 13.9. The van der Waals surface area contributed by atoms with Crippen molar-refractivity contribution in [3.63, 3.8) is 0 Å². The van der Waals surface area contributed by atoms with Crippen LogP contribution in [0.15, 0.2) is 41.0 Å². The van der Waals surface area contributed by atoms with Gasteiger partial charge in [0.25, 0.3) is 5.91 Å². The van der Waals surface area contributed by atoms with Gasteiger partial charge in [0.1, 0.15) is 5.76 Å². The Bertz CT molecular complexity index is 906. The Balaban J connectivity index is 1.44. The Morgan fingerprint density at radius 2 is 2.03 bits per heavy atom. The fourth-order valence-corrected chi connectivity index (χ4v) is 4.62. The van der Waals surface area contributed by atoms with Crippen LogP contribution in [0.25, 0.3) is 0 Å². The molecule has 3 heterocycles. The summed E-state index contributed by atoms with van der Waals surface area (Å²) in [5.41, 5.74) is 3.19. The maximum absolute atomic E-state index is 13.1. The lowest BCUT2D eigenvalue weighted by Crippen LogP contribution is -2.35. The van der Waals surface area contributed by atoms with Crippen molar-refractivity contribution in [2.24, 2.45) is 5.92 Å². The van der Waals surface area contributed by atoms with E-state index in [0.29, 0.717) is 36.4 Å². The molecule has 2 amide bonds. The molecule has 0 radical (unpaired) electrons. The molecule has 1 aromatic carbocycles. The predicted molar refractivity (Wildman–Crippen MR) is 112 cm³/mol. The standard InChI is InChI=1S/C23H29N3O3/c1-16-12-19-6-4-5-7-21(19)26(16)15-22-20(9-11-29-22)23(28)24(3)13-18-8-10-25(14-18)17(2)27/h4-7,9,11,16,18H,8,10,12-15H2,1-3H3/t16-,18+/m0/s1. The zero-order valence-electron chi connectivity index (χ0n) is 17.4. The molecule has 0 saturated carbocycles. The average molecular weight is 396 g/mol. The topological polar surface area (TPSA) is 57.0 Å². The van der Waals surface area contributed by atoms with Gasteiger partial charge in [0, 0.05) is 45.3 Å². The fourth-order valence-electron chi connectivity index (χ4n) is 4.62. The van der Waals surface area contributed by atoms with Gasteiger partial charge in [-0.1, -0.05) is 18.2 Å². The van der Waals surface area contributed by atoms with E-state index in [-0.39, 0.29) is 11.8 Å². The zero-order chi connectivity index (χ0) is 20.5. The number of hydrogen-bond acceptors (Lipinski definition) is 4. The summed E-state index contributed by atoms with van der Waals surface area (Å²) < 4.78 is 5.74. The Morgan fingerprint density at radius 3 is 2.79 bits per heavy atom. The van der Waals surface area contributed by atoms with Gasteiger partial charge in [-0.05, 0) is 43.4 Å². The third kappa shape index (κ3) is 3.88. The Morgan fingerprint density at radius 1 is 1.24 bits per heavy atom. The van der Waals surface area contributed by atoms with Crippen LogP contribution in [-0.4, -0.2) is 54.3 Å². The van der Waals surface area contributed by atoms with Crippen molar-refractivity contribution in [1.29, 1.82) is 0 Å². The summed E-state index contributed by atoms with van der Waals surface area (Å²) in [6.45, 7) is 6.56. The highest BCUT2D eigenvalue weighted by molar-refractivity contribution is 5.95. The molecule has 154 valence electrons. The second-order valence-corrected chi connectivity index (χ2v) is 8.37. The summed E-state index contributed by atoms with van der Waals surface area (Å²) in [5, 5.41) is 0. The molecule has 2 aromatic rings. The first-order valence-corrected chi connectivity index (χ1v) is 10.4. The van der Waals surface area contributed by atoms with E-state index in [1.165, 1.54) is 11.3 Å². The second-order valence-electron chi connectivity index (χ2n) is 8.37. The first-order valence-electron chi connectivity index (χ1n) is 10.4. The van der Waals surface area contributed by atoms with Crippen molar-refractivity contribution in [3.05, 3.63) is 53.5 Å². The molecule has 0 bridgehead atoms. The molecule has 1 fully saturated rings. The quantitative estimate of drug-likeness (QED) is 0.780. The SMILES string of the molecule is CC(=O)N1CC[C@H](CN(C)C(=O)c2ccoc2CN2c3ccccc3C[C@@H]2C)C1. The molecule has 0 spiro atoms. The third-order valence-electron chi connectivity index (χ3n) is 6.25. The number of carbonyl (C=O) groups is 2. The average Bonchev–Trinajstić information content (AvgIpc) is 3.41. The Hall–Kier alpha value is -2.76. The lowest BCUT2D eigenvalue weighted by Gasteiger charge is -2.25. The van der Waals surface area contributed by atoms with Crippen molar-refractivity contribution in [1.82, 2.24) is 9.80 Å². The van der Waals surface area contributed by atoms with Gasteiger partial charge < -0.3 is 19.1 Å². The number of rotatable bonds is 5. The number of likely N-dealkylation sites (tertiary alicyclic amines) is 1. The normalized spacial score (nSPS) is 20.8. The molecule has 29 heavy (non-hydrogen) atoms. The maximum atomic E-state index is 13.1. The Labute approximate surface area is 172 Å². The van der Waals surface area contributed by atoms with Crippen LogP contribution in [0.1, 0.15) is 41.9 Å². The van der Waals surface area contributed by atoms with Crippen LogP contribution in [0.4, 0.5) is 5.69 Å². The number of benzene rings is 1. The predicted octanol–water partition coefficient (Wildman–Crippen LogP) is 3.17. The van der Waals surface area contributed by atoms with Gasteiger partial charge in [-0.3, -0.25) is 9.59 Å². The zero-order valence-corrected chi connectivity index (χ0v) is 17.4. The monoisotopic (exact) mass is 395 g/mol. The van der Waals surface area contributed by atoms with E-state index in [4.69, 9.17) is 4.42 Å². The van der Waals surface area contributed by atoms with E-state index in [0.717, 1.165) is 25.9 Å². The van der Waals surface area contributed by atoms with E-state index < -0.39 is 0 Å². The van der Waals surface area contributed by atoms with Crippen molar-refractivity contribution in [2.45, 2.75) is 39.3 Å². The van der Waals surface area contributed by atoms with E-state index in [1.54, 1.807) is 24.2 Å². The molecule has 0 N–H and O–H groups in total. The van der Waals surface area contributed by atoms with Crippen LogP contribution in [0.2, 0.25) is 0 Å². The molecule has 0 unspecified atom stereocenters. The van der Waals surface area contributed by atoms with E-state index >= 15 is 0 Å². The number of carbonyl (C=O) groups excluding carboxylic acids is 2. The lowest BCUT2D eigenvalue weighted by atomic mass is 10.1. The molecular weight excluding hydrogens is 366 g/mol. The van der Waals surface area contributed by atoms with Gasteiger partial charge >= 0.3 is 0 Å². The minimum Gasteiger partial charge on any atom is -0.467 e. The minimum absolute atomic E-state index is 0.0184. The highest BCUT2D eigenvalue weighted by Crippen LogP contribution is 2.33. The highest BCUT2D eigenvalue weighted by atomic mass is 16.3. The maximum Gasteiger partial charge on any atom is 0.257 e. The highest BCUT2D eigenvalue weighted by Gasteiger charge is 2.30. The molecule has 1 aromatic heterocycles. The number of amides is 2. The van der Waals surface area contributed by atoms with E-state index in [1.807, 2.05) is 11.9 Å². The smallest absolute Gasteiger partial charge is 0.257 e. The third-order valence-corrected chi connectivity index (χ3v) is 6.25.